The van der Waals surface area contributed by atoms with Crippen LogP contribution < -0.4 is 19.7 Å². The van der Waals surface area contributed by atoms with Crippen LogP contribution in [0.3, 0.4) is 0 Å². The summed E-state index contributed by atoms with van der Waals surface area (Å²) in [4.78, 5) is 18.9. The molecule has 8 nitrogen and oxygen atoms in total. The van der Waals surface area contributed by atoms with Gasteiger partial charge < -0.3 is 24.2 Å². The van der Waals surface area contributed by atoms with Gasteiger partial charge in [0.2, 0.25) is 11.7 Å². The molecule has 158 valence electrons. The molecule has 0 radical (unpaired) electrons. The molecule has 3 rings (SSSR count). The van der Waals surface area contributed by atoms with Crippen LogP contribution in [0, 0.1) is 5.92 Å². The molecule has 29 heavy (non-hydrogen) atoms. The lowest BCUT2D eigenvalue weighted by Gasteiger charge is -2.30. The van der Waals surface area contributed by atoms with Crippen molar-refractivity contribution in [2.24, 2.45) is 5.92 Å². The van der Waals surface area contributed by atoms with Crippen LogP contribution in [0.25, 0.3) is 11.4 Å². The van der Waals surface area contributed by atoms with Crippen molar-refractivity contribution in [2.75, 3.05) is 31.7 Å². The number of benzene rings is 1. The van der Waals surface area contributed by atoms with E-state index in [0.29, 0.717) is 43.0 Å². The van der Waals surface area contributed by atoms with Crippen LogP contribution in [0.1, 0.15) is 40.0 Å². The molecule has 1 amide bonds. The predicted octanol–water partition coefficient (Wildman–Crippen LogP) is 3.28. The van der Waals surface area contributed by atoms with E-state index in [1.807, 2.05) is 36.9 Å². The lowest BCUT2D eigenvalue weighted by Crippen LogP contribution is -2.43. The fourth-order valence-corrected chi connectivity index (χ4v) is 3.34. The molecule has 0 aliphatic carbocycles. The summed E-state index contributed by atoms with van der Waals surface area (Å²) in [6.07, 6.45) is 2.49. The van der Waals surface area contributed by atoms with Gasteiger partial charge >= 0.3 is 6.01 Å². The third kappa shape index (κ3) is 4.99. The highest BCUT2D eigenvalue weighted by Crippen LogP contribution is 2.32. The van der Waals surface area contributed by atoms with Crippen LogP contribution in [0.5, 0.6) is 11.5 Å². The third-order valence-corrected chi connectivity index (χ3v) is 5.27. The predicted molar refractivity (Wildman–Crippen MR) is 110 cm³/mol. The standard InChI is InChI=1S/C21H30N4O4/c1-5-14(3)22-20(26)15-9-11-25(12-10-15)21-23-19(24-29-21)16-7-8-17(28-6-2)18(13-16)27-4/h7-8,13-15H,5-6,9-12H2,1-4H3,(H,22,26)/t14-/m1/s1. The molecule has 1 aromatic carbocycles. The van der Waals surface area contributed by atoms with Crippen molar-refractivity contribution in [2.45, 2.75) is 46.1 Å². The van der Waals surface area contributed by atoms with Crippen LogP contribution in [-0.2, 0) is 4.79 Å². The Bertz CT molecular complexity index is 815. The SMILES string of the molecule is CCOc1ccc(-c2noc(N3CCC(C(=O)N[C@H](C)CC)CC3)n2)cc1OC. The van der Waals surface area contributed by atoms with Gasteiger partial charge in [0.05, 0.1) is 13.7 Å². The molecular formula is C21H30N4O4. The number of carbonyl (C=O) groups excluding carboxylic acids is 1. The molecule has 0 saturated carbocycles. The Morgan fingerprint density at radius 2 is 2.07 bits per heavy atom. The van der Waals surface area contributed by atoms with Gasteiger partial charge in [-0.25, -0.2) is 0 Å². The number of nitrogens with one attached hydrogen (secondary N) is 1. The highest BCUT2D eigenvalue weighted by atomic mass is 16.5. The first-order chi connectivity index (χ1) is 14.0. The van der Waals surface area contributed by atoms with Crippen LogP contribution >= 0.6 is 0 Å². The number of methoxy groups -OCH3 is 1. The number of hydrogen-bond donors (Lipinski definition) is 1. The Kier molecular flexibility index (Phi) is 6.95. The maximum Gasteiger partial charge on any atom is 0.324 e. The summed E-state index contributed by atoms with van der Waals surface area (Å²) < 4.78 is 16.4. The van der Waals surface area contributed by atoms with E-state index in [9.17, 15) is 4.79 Å². The van der Waals surface area contributed by atoms with Gasteiger partial charge in [-0.2, -0.15) is 4.98 Å². The Hall–Kier alpha value is -2.77. The molecule has 1 N–H and O–H groups in total. The second-order valence-corrected chi connectivity index (χ2v) is 7.28. The Morgan fingerprint density at radius 3 is 2.72 bits per heavy atom. The molecule has 1 atom stereocenters. The molecule has 0 unspecified atom stereocenters. The van der Waals surface area contributed by atoms with Gasteiger partial charge in [-0.1, -0.05) is 12.1 Å². The minimum atomic E-state index is 0.0398. The fraction of sp³-hybridized carbons (Fsp3) is 0.571. The van der Waals surface area contributed by atoms with Crippen LogP contribution in [0.2, 0.25) is 0 Å². The van der Waals surface area contributed by atoms with E-state index >= 15 is 0 Å². The van der Waals surface area contributed by atoms with Crippen molar-refractivity contribution < 1.29 is 18.8 Å². The number of aromatic nitrogens is 2. The summed E-state index contributed by atoms with van der Waals surface area (Å²) in [6.45, 7) is 8.02. The number of anilines is 1. The highest BCUT2D eigenvalue weighted by molar-refractivity contribution is 5.79. The zero-order valence-corrected chi connectivity index (χ0v) is 17.6. The number of hydrogen-bond acceptors (Lipinski definition) is 7. The smallest absolute Gasteiger partial charge is 0.324 e. The van der Waals surface area contributed by atoms with Crippen molar-refractivity contribution in [1.29, 1.82) is 0 Å². The maximum absolute atomic E-state index is 12.3. The van der Waals surface area contributed by atoms with Crippen molar-refractivity contribution in [3.8, 4) is 22.9 Å². The number of amides is 1. The summed E-state index contributed by atoms with van der Waals surface area (Å²) in [5.74, 6) is 1.99. The molecule has 1 aromatic heterocycles. The lowest BCUT2D eigenvalue weighted by atomic mass is 9.96. The van der Waals surface area contributed by atoms with E-state index < -0.39 is 0 Å². The zero-order chi connectivity index (χ0) is 20.8. The monoisotopic (exact) mass is 402 g/mol. The van der Waals surface area contributed by atoms with Crippen LogP contribution in [-0.4, -0.2) is 48.9 Å². The largest absolute Gasteiger partial charge is 0.493 e. The van der Waals surface area contributed by atoms with Crippen molar-refractivity contribution >= 4 is 11.9 Å². The highest BCUT2D eigenvalue weighted by Gasteiger charge is 2.28. The van der Waals surface area contributed by atoms with Gasteiger partial charge in [-0.15, -0.1) is 0 Å². The average Bonchev–Trinajstić information content (AvgIpc) is 3.24. The Morgan fingerprint density at radius 1 is 1.31 bits per heavy atom. The quantitative estimate of drug-likeness (QED) is 0.725. The Labute approximate surface area is 171 Å². The van der Waals surface area contributed by atoms with Crippen molar-refractivity contribution in [3.63, 3.8) is 0 Å². The van der Waals surface area contributed by atoms with Gasteiger partial charge in [-0.05, 0) is 51.3 Å². The number of nitrogens with zero attached hydrogens (tertiary/aromatic N) is 3. The molecule has 2 aromatic rings. The van der Waals surface area contributed by atoms with Crippen molar-refractivity contribution in [3.05, 3.63) is 18.2 Å². The minimum Gasteiger partial charge on any atom is -0.493 e. The minimum absolute atomic E-state index is 0.0398. The lowest BCUT2D eigenvalue weighted by molar-refractivity contribution is -0.126. The molecular weight excluding hydrogens is 372 g/mol. The maximum atomic E-state index is 12.3. The summed E-state index contributed by atoms with van der Waals surface area (Å²) in [7, 11) is 1.60. The van der Waals surface area contributed by atoms with Gasteiger partial charge in [0.15, 0.2) is 11.5 Å². The number of rotatable bonds is 8. The number of piperidine rings is 1. The first kappa shape index (κ1) is 21.0. The number of ether oxygens (including phenoxy) is 2. The van der Waals surface area contributed by atoms with Crippen LogP contribution in [0.15, 0.2) is 22.7 Å². The normalized spacial score (nSPS) is 15.8. The number of carbonyl (C=O) groups is 1. The van der Waals surface area contributed by atoms with E-state index in [2.05, 4.69) is 22.4 Å². The molecule has 0 bridgehead atoms. The summed E-state index contributed by atoms with van der Waals surface area (Å²) in [5, 5.41) is 7.19. The van der Waals surface area contributed by atoms with E-state index in [4.69, 9.17) is 14.0 Å². The van der Waals surface area contributed by atoms with Crippen LogP contribution in [0.4, 0.5) is 6.01 Å². The first-order valence-electron chi connectivity index (χ1n) is 10.3. The van der Waals surface area contributed by atoms with Gasteiger partial charge in [0.1, 0.15) is 0 Å². The molecule has 8 heteroatoms. The van der Waals surface area contributed by atoms with Gasteiger partial charge in [-0.3, -0.25) is 4.79 Å². The van der Waals surface area contributed by atoms with E-state index in [1.165, 1.54) is 0 Å². The van der Waals surface area contributed by atoms with Crippen molar-refractivity contribution in [1.82, 2.24) is 15.5 Å². The third-order valence-electron chi connectivity index (χ3n) is 5.27. The van der Waals surface area contributed by atoms with Gasteiger partial charge in [0, 0.05) is 30.6 Å². The molecule has 0 spiro atoms. The Balaban J connectivity index is 1.63. The van der Waals surface area contributed by atoms with E-state index in [1.54, 1.807) is 7.11 Å². The van der Waals surface area contributed by atoms with Gasteiger partial charge in [0.25, 0.3) is 0 Å². The first-order valence-corrected chi connectivity index (χ1v) is 10.3. The second-order valence-electron chi connectivity index (χ2n) is 7.28. The van der Waals surface area contributed by atoms with E-state index in [0.717, 1.165) is 24.8 Å². The fourth-order valence-electron chi connectivity index (χ4n) is 3.34. The second kappa shape index (κ2) is 9.62. The molecule has 2 heterocycles. The summed E-state index contributed by atoms with van der Waals surface area (Å²) in [5.41, 5.74) is 0.795. The molecule has 1 fully saturated rings. The molecule has 1 saturated heterocycles. The van der Waals surface area contributed by atoms with E-state index in [-0.39, 0.29) is 17.9 Å². The zero-order valence-electron chi connectivity index (χ0n) is 17.6. The topological polar surface area (TPSA) is 89.7 Å². The molecule has 1 aliphatic rings. The molecule has 1 aliphatic heterocycles. The summed E-state index contributed by atoms with van der Waals surface area (Å²) in [6, 6.07) is 6.26. The summed E-state index contributed by atoms with van der Waals surface area (Å²) >= 11 is 0. The average molecular weight is 402 g/mol.